The molecule has 1 heterocycles. The van der Waals surface area contributed by atoms with Gasteiger partial charge in [-0.25, -0.2) is 0 Å². The van der Waals surface area contributed by atoms with Crippen molar-refractivity contribution in [2.45, 2.75) is 25.9 Å². The van der Waals surface area contributed by atoms with Gasteiger partial charge >= 0.3 is 5.97 Å². The standard InChI is InChI=1S/C18H21NO4/c1-4-23-18(20)15-9-13-14(10-19-15)17(22-3)12-8-6-5-7-11(12)16(13)21-2/h5-8,15,19H,4,9-10H2,1-3H3. The van der Waals surface area contributed by atoms with Crippen LogP contribution in [0, 0.1) is 0 Å². The number of carbonyl (C=O) groups excluding carboxylic acids is 1. The van der Waals surface area contributed by atoms with Gasteiger partial charge in [0.1, 0.15) is 17.5 Å². The molecule has 0 fully saturated rings. The number of methoxy groups -OCH3 is 2. The highest BCUT2D eigenvalue weighted by Crippen LogP contribution is 2.42. The maximum atomic E-state index is 12.1. The first-order valence-corrected chi connectivity index (χ1v) is 7.75. The Morgan fingerprint density at radius 3 is 2.30 bits per heavy atom. The molecule has 0 spiro atoms. The fourth-order valence-corrected chi connectivity index (χ4v) is 3.26. The largest absolute Gasteiger partial charge is 0.496 e. The summed E-state index contributed by atoms with van der Waals surface area (Å²) in [5, 5.41) is 5.25. The van der Waals surface area contributed by atoms with Crippen molar-refractivity contribution < 1.29 is 19.0 Å². The molecule has 23 heavy (non-hydrogen) atoms. The van der Waals surface area contributed by atoms with Gasteiger partial charge in [0, 0.05) is 34.9 Å². The molecule has 0 bridgehead atoms. The predicted molar refractivity (Wildman–Crippen MR) is 88.0 cm³/mol. The van der Waals surface area contributed by atoms with Crippen LogP contribution < -0.4 is 14.8 Å². The molecule has 5 heteroatoms. The molecule has 5 nitrogen and oxygen atoms in total. The number of nitrogens with one attached hydrogen (secondary N) is 1. The third-order valence-corrected chi connectivity index (χ3v) is 4.24. The molecular formula is C18H21NO4. The molecule has 0 radical (unpaired) electrons. The zero-order chi connectivity index (χ0) is 16.4. The van der Waals surface area contributed by atoms with E-state index in [0.29, 0.717) is 19.6 Å². The van der Waals surface area contributed by atoms with Crippen molar-refractivity contribution in [1.29, 1.82) is 0 Å². The molecule has 0 amide bonds. The summed E-state index contributed by atoms with van der Waals surface area (Å²) in [5.74, 6) is 1.42. The summed E-state index contributed by atoms with van der Waals surface area (Å²) in [6.07, 6.45) is 0.526. The molecule has 1 unspecified atom stereocenters. The summed E-state index contributed by atoms with van der Waals surface area (Å²) in [4.78, 5) is 12.1. The van der Waals surface area contributed by atoms with E-state index in [-0.39, 0.29) is 12.0 Å². The number of hydrogen-bond acceptors (Lipinski definition) is 5. The molecular weight excluding hydrogens is 294 g/mol. The van der Waals surface area contributed by atoms with Gasteiger partial charge in [0.05, 0.1) is 20.8 Å². The van der Waals surface area contributed by atoms with E-state index in [2.05, 4.69) is 5.32 Å². The van der Waals surface area contributed by atoms with Crippen molar-refractivity contribution in [1.82, 2.24) is 5.32 Å². The second-order valence-electron chi connectivity index (χ2n) is 5.46. The second kappa shape index (κ2) is 6.46. The highest BCUT2D eigenvalue weighted by atomic mass is 16.5. The zero-order valence-electron chi connectivity index (χ0n) is 13.6. The first-order chi connectivity index (χ1) is 11.2. The Hall–Kier alpha value is -2.27. The van der Waals surface area contributed by atoms with Gasteiger partial charge < -0.3 is 14.2 Å². The Morgan fingerprint density at radius 2 is 1.74 bits per heavy atom. The van der Waals surface area contributed by atoms with Gasteiger partial charge in [0.2, 0.25) is 0 Å². The van der Waals surface area contributed by atoms with E-state index < -0.39 is 0 Å². The van der Waals surface area contributed by atoms with Crippen LogP contribution in [0.25, 0.3) is 10.8 Å². The fraction of sp³-hybridized carbons (Fsp3) is 0.389. The Morgan fingerprint density at radius 1 is 1.13 bits per heavy atom. The van der Waals surface area contributed by atoms with E-state index in [9.17, 15) is 4.79 Å². The lowest BCUT2D eigenvalue weighted by Crippen LogP contribution is -2.43. The minimum atomic E-state index is -0.359. The molecule has 1 aliphatic heterocycles. The number of rotatable bonds is 4. The molecule has 1 N–H and O–H groups in total. The minimum Gasteiger partial charge on any atom is -0.496 e. The summed E-state index contributed by atoms with van der Waals surface area (Å²) in [5.41, 5.74) is 2.06. The number of hydrogen-bond donors (Lipinski definition) is 1. The first kappa shape index (κ1) is 15.6. The van der Waals surface area contributed by atoms with Crippen LogP contribution >= 0.6 is 0 Å². The van der Waals surface area contributed by atoms with Gasteiger partial charge in [-0.3, -0.25) is 10.1 Å². The van der Waals surface area contributed by atoms with Gasteiger partial charge in [-0.1, -0.05) is 24.3 Å². The van der Waals surface area contributed by atoms with Crippen LogP contribution in [-0.2, 0) is 22.5 Å². The van der Waals surface area contributed by atoms with Gasteiger partial charge in [0.25, 0.3) is 0 Å². The average Bonchev–Trinajstić information content (AvgIpc) is 2.59. The van der Waals surface area contributed by atoms with Crippen molar-refractivity contribution in [3.63, 3.8) is 0 Å². The molecule has 0 saturated heterocycles. The van der Waals surface area contributed by atoms with Gasteiger partial charge in [-0.2, -0.15) is 0 Å². The quantitative estimate of drug-likeness (QED) is 0.878. The topological polar surface area (TPSA) is 56.8 Å². The van der Waals surface area contributed by atoms with Crippen molar-refractivity contribution in [2.24, 2.45) is 0 Å². The normalized spacial score (nSPS) is 16.7. The molecule has 1 aliphatic rings. The summed E-state index contributed by atoms with van der Waals surface area (Å²) < 4.78 is 16.5. The van der Waals surface area contributed by atoms with E-state index >= 15 is 0 Å². The Kier molecular flexibility index (Phi) is 4.39. The van der Waals surface area contributed by atoms with Gasteiger partial charge in [-0.15, -0.1) is 0 Å². The molecule has 0 aliphatic carbocycles. The summed E-state index contributed by atoms with van der Waals surface area (Å²) in [6, 6.07) is 7.63. The van der Waals surface area contributed by atoms with Crippen molar-refractivity contribution in [3.05, 3.63) is 35.4 Å². The first-order valence-electron chi connectivity index (χ1n) is 7.75. The van der Waals surface area contributed by atoms with E-state index in [1.54, 1.807) is 14.2 Å². The molecule has 0 aromatic heterocycles. The van der Waals surface area contributed by atoms with Crippen molar-refractivity contribution in [3.8, 4) is 11.5 Å². The van der Waals surface area contributed by atoms with Crippen molar-refractivity contribution in [2.75, 3.05) is 20.8 Å². The summed E-state index contributed by atoms with van der Waals surface area (Å²) in [6.45, 7) is 2.73. The van der Waals surface area contributed by atoms with Crippen LogP contribution in [0.4, 0.5) is 0 Å². The van der Waals surface area contributed by atoms with Crippen LogP contribution in [0.5, 0.6) is 11.5 Å². The van der Waals surface area contributed by atoms with Crippen LogP contribution in [0.2, 0.25) is 0 Å². The number of fused-ring (bicyclic) bond motifs is 2. The SMILES string of the molecule is CCOC(=O)C1Cc2c(c(OC)c3ccccc3c2OC)CN1. The molecule has 0 saturated carbocycles. The van der Waals surface area contributed by atoms with Crippen LogP contribution in [0.1, 0.15) is 18.1 Å². The van der Waals surface area contributed by atoms with Crippen LogP contribution in [-0.4, -0.2) is 32.8 Å². The number of benzene rings is 2. The lowest BCUT2D eigenvalue weighted by molar-refractivity contribution is -0.145. The number of esters is 1. The lowest BCUT2D eigenvalue weighted by atomic mass is 9.90. The minimum absolute atomic E-state index is 0.229. The Labute approximate surface area is 135 Å². The Balaban J connectivity index is 2.15. The highest BCUT2D eigenvalue weighted by molar-refractivity contribution is 5.96. The highest BCUT2D eigenvalue weighted by Gasteiger charge is 2.31. The maximum absolute atomic E-state index is 12.1. The van der Waals surface area contributed by atoms with E-state index in [0.717, 1.165) is 33.4 Å². The summed E-state index contributed by atoms with van der Waals surface area (Å²) in [7, 11) is 3.34. The van der Waals surface area contributed by atoms with E-state index in [1.807, 2.05) is 31.2 Å². The average molecular weight is 315 g/mol. The smallest absolute Gasteiger partial charge is 0.323 e. The molecule has 2 aromatic rings. The third-order valence-electron chi connectivity index (χ3n) is 4.24. The van der Waals surface area contributed by atoms with Gasteiger partial charge in [0.15, 0.2) is 0 Å². The molecule has 1 atom stereocenters. The number of carbonyl (C=O) groups is 1. The van der Waals surface area contributed by atoms with Crippen LogP contribution in [0.15, 0.2) is 24.3 Å². The monoisotopic (exact) mass is 315 g/mol. The molecule has 122 valence electrons. The fourth-order valence-electron chi connectivity index (χ4n) is 3.26. The Bertz CT molecular complexity index is 741. The van der Waals surface area contributed by atoms with E-state index in [4.69, 9.17) is 14.2 Å². The van der Waals surface area contributed by atoms with Crippen molar-refractivity contribution >= 4 is 16.7 Å². The third kappa shape index (κ3) is 2.61. The molecule has 2 aromatic carbocycles. The number of ether oxygens (including phenoxy) is 3. The summed E-state index contributed by atoms with van der Waals surface area (Å²) >= 11 is 0. The zero-order valence-corrected chi connectivity index (χ0v) is 13.6. The van der Waals surface area contributed by atoms with Crippen LogP contribution in [0.3, 0.4) is 0 Å². The molecule has 3 rings (SSSR count). The predicted octanol–water partition coefficient (Wildman–Crippen LogP) is 2.43. The maximum Gasteiger partial charge on any atom is 0.323 e. The second-order valence-corrected chi connectivity index (χ2v) is 5.46. The van der Waals surface area contributed by atoms with Gasteiger partial charge in [-0.05, 0) is 6.92 Å². The lowest BCUT2D eigenvalue weighted by Gasteiger charge is -2.28. The van der Waals surface area contributed by atoms with E-state index in [1.165, 1.54) is 0 Å².